The van der Waals surface area contributed by atoms with Crippen LogP contribution in [0.2, 0.25) is 0 Å². The first-order valence-corrected chi connectivity index (χ1v) is 13.1. The molecule has 196 valence electrons. The highest BCUT2D eigenvalue weighted by Gasteiger charge is 2.40. The smallest absolute Gasteiger partial charge is 0.290 e. The van der Waals surface area contributed by atoms with Crippen LogP contribution in [0.4, 0.5) is 0 Å². The molecule has 3 heterocycles. The van der Waals surface area contributed by atoms with E-state index in [4.69, 9.17) is 10.2 Å². The molecule has 0 saturated carbocycles. The van der Waals surface area contributed by atoms with Crippen molar-refractivity contribution in [1.29, 1.82) is 0 Å². The van der Waals surface area contributed by atoms with Crippen molar-refractivity contribution in [3.63, 3.8) is 0 Å². The number of likely N-dealkylation sites (tertiary alicyclic amines) is 1. The van der Waals surface area contributed by atoms with E-state index >= 15 is 0 Å². The molecule has 3 unspecified atom stereocenters. The minimum Gasteiger partial charge on any atom is -0.459 e. The number of nitrogens with one attached hydrogen (secondary N) is 2. The fourth-order valence-corrected chi connectivity index (χ4v) is 5.52. The first-order valence-electron chi connectivity index (χ1n) is 11.6. The van der Waals surface area contributed by atoms with Crippen LogP contribution in [0.5, 0.6) is 0 Å². The maximum atomic E-state index is 13.4. The largest absolute Gasteiger partial charge is 0.459 e. The lowest BCUT2D eigenvalue weighted by Gasteiger charge is -2.38. The molecule has 3 amide bonds. The molecule has 1 saturated heterocycles. The van der Waals surface area contributed by atoms with Crippen molar-refractivity contribution in [3.8, 4) is 0 Å². The number of benzene rings is 1. The van der Waals surface area contributed by atoms with Crippen LogP contribution < -0.4 is 15.8 Å². The summed E-state index contributed by atoms with van der Waals surface area (Å²) >= 11 is 0. The standard InChI is InChI=1S/C24H28N6O6S/c1-29-14-21(26-15-29)37(34,35)28-17-9-10-30(24(33)20-8-5-11-36-20)19(13-17)23(32)27-18(22(25)31)12-16-6-3-2-4-7-16/h2-8,11,14-15,17-19,28H,9-10,12-13H2,1H3,(H2,25,31)(H,27,32). The lowest BCUT2D eigenvalue weighted by Crippen LogP contribution is -2.59. The zero-order valence-electron chi connectivity index (χ0n) is 20.1. The van der Waals surface area contributed by atoms with Crippen LogP contribution in [0, 0.1) is 0 Å². The van der Waals surface area contributed by atoms with Crippen LogP contribution in [0.15, 0.2) is 70.7 Å². The minimum absolute atomic E-state index is 0.0266. The van der Waals surface area contributed by atoms with Gasteiger partial charge in [-0.3, -0.25) is 14.4 Å². The molecule has 1 fully saturated rings. The number of hydrogen-bond donors (Lipinski definition) is 3. The molecule has 13 heteroatoms. The summed E-state index contributed by atoms with van der Waals surface area (Å²) in [6.07, 6.45) is 4.47. The number of nitrogens with two attached hydrogens (primary N) is 1. The number of aryl methyl sites for hydroxylation is 1. The molecule has 4 rings (SSSR count). The highest BCUT2D eigenvalue weighted by Crippen LogP contribution is 2.23. The van der Waals surface area contributed by atoms with Gasteiger partial charge in [0.15, 0.2) is 10.8 Å². The summed E-state index contributed by atoms with van der Waals surface area (Å²) in [7, 11) is -2.31. The van der Waals surface area contributed by atoms with Gasteiger partial charge in [0.1, 0.15) is 12.1 Å². The molecule has 1 aliphatic heterocycles. The Hall–Kier alpha value is -3.97. The second kappa shape index (κ2) is 11.0. The van der Waals surface area contributed by atoms with Gasteiger partial charge >= 0.3 is 0 Å². The van der Waals surface area contributed by atoms with E-state index in [0.29, 0.717) is 0 Å². The third kappa shape index (κ3) is 6.24. The van der Waals surface area contributed by atoms with Crippen LogP contribution in [0.25, 0.3) is 0 Å². The second-order valence-corrected chi connectivity index (χ2v) is 10.5. The molecule has 0 radical (unpaired) electrons. The normalized spacial score (nSPS) is 18.8. The average molecular weight is 529 g/mol. The van der Waals surface area contributed by atoms with Crippen LogP contribution in [0.1, 0.15) is 29.0 Å². The first kappa shape index (κ1) is 26.1. The zero-order valence-corrected chi connectivity index (χ0v) is 20.9. The van der Waals surface area contributed by atoms with Gasteiger partial charge in [0.05, 0.1) is 12.6 Å². The number of carbonyl (C=O) groups excluding carboxylic acids is 3. The van der Waals surface area contributed by atoms with Gasteiger partial charge in [-0.05, 0) is 30.5 Å². The first-order chi connectivity index (χ1) is 17.6. The Balaban J connectivity index is 1.54. The van der Waals surface area contributed by atoms with Gasteiger partial charge < -0.3 is 24.9 Å². The highest BCUT2D eigenvalue weighted by atomic mass is 32.2. The van der Waals surface area contributed by atoms with Crippen molar-refractivity contribution >= 4 is 27.7 Å². The van der Waals surface area contributed by atoms with Gasteiger partial charge in [-0.25, -0.2) is 18.1 Å². The summed E-state index contributed by atoms with van der Waals surface area (Å²) in [6, 6.07) is 9.31. The quantitative estimate of drug-likeness (QED) is 0.356. The van der Waals surface area contributed by atoms with Gasteiger partial charge in [0, 0.05) is 32.3 Å². The summed E-state index contributed by atoms with van der Waals surface area (Å²) < 4.78 is 34.9. The van der Waals surface area contributed by atoms with Crippen molar-refractivity contribution in [2.24, 2.45) is 12.8 Å². The summed E-state index contributed by atoms with van der Waals surface area (Å²) in [5.74, 6) is -1.83. The van der Waals surface area contributed by atoms with E-state index in [1.807, 2.05) is 6.07 Å². The molecule has 37 heavy (non-hydrogen) atoms. The van der Waals surface area contributed by atoms with Gasteiger partial charge in [-0.1, -0.05) is 30.3 Å². The second-order valence-electron chi connectivity index (χ2n) is 8.86. The molecule has 1 aromatic carbocycles. The number of imidazole rings is 1. The molecule has 0 bridgehead atoms. The maximum Gasteiger partial charge on any atom is 0.290 e. The number of aromatic nitrogens is 2. The summed E-state index contributed by atoms with van der Waals surface area (Å²) in [6.45, 7) is 0.0763. The number of nitrogens with zero attached hydrogens (tertiary/aromatic N) is 3. The van der Waals surface area contributed by atoms with Crippen molar-refractivity contribution in [2.75, 3.05) is 6.54 Å². The van der Waals surface area contributed by atoms with Gasteiger partial charge in [-0.15, -0.1) is 0 Å². The number of sulfonamides is 1. The molecule has 4 N–H and O–H groups in total. The van der Waals surface area contributed by atoms with Crippen LogP contribution in [-0.2, 0) is 33.1 Å². The lowest BCUT2D eigenvalue weighted by molar-refractivity contribution is -0.131. The van der Waals surface area contributed by atoms with Crippen LogP contribution in [0.3, 0.4) is 0 Å². The number of furan rings is 1. The lowest BCUT2D eigenvalue weighted by atomic mass is 9.96. The van der Waals surface area contributed by atoms with Gasteiger partial charge in [0.25, 0.3) is 15.9 Å². The number of primary amides is 1. The Morgan fingerprint density at radius 3 is 2.57 bits per heavy atom. The number of piperidine rings is 1. The Labute approximate surface area is 213 Å². The molecule has 0 aliphatic carbocycles. The van der Waals surface area contributed by atoms with Gasteiger partial charge in [0.2, 0.25) is 11.8 Å². The third-order valence-electron chi connectivity index (χ3n) is 6.12. The topological polar surface area (TPSA) is 170 Å². The maximum absolute atomic E-state index is 13.4. The van der Waals surface area contributed by atoms with Crippen molar-refractivity contribution in [1.82, 2.24) is 24.5 Å². The highest BCUT2D eigenvalue weighted by molar-refractivity contribution is 7.89. The Bertz CT molecular complexity index is 1360. The molecule has 3 atom stereocenters. The van der Waals surface area contributed by atoms with Crippen molar-refractivity contribution < 1.29 is 27.2 Å². The number of rotatable bonds is 9. The molecule has 0 spiro atoms. The number of carbonyl (C=O) groups is 3. The Kier molecular flexibility index (Phi) is 7.74. The predicted molar refractivity (Wildman–Crippen MR) is 131 cm³/mol. The van der Waals surface area contributed by atoms with E-state index in [1.165, 1.54) is 34.3 Å². The molecule has 3 aromatic rings. The molecule has 2 aromatic heterocycles. The van der Waals surface area contributed by atoms with E-state index < -0.39 is 45.9 Å². The van der Waals surface area contributed by atoms with Crippen LogP contribution >= 0.6 is 0 Å². The summed E-state index contributed by atoms with van der Waals surface area (Å²) in [5, 5.41) is 2.50. The van der Waals surface area contributed by atoms with Crippen LogP contribution in [-0.4, -0.2) is 65.3 Å². The summed E-state index contributed by atoms with van der Waals surface area (Å²) in [4.78, 5) is 43.9. The van der Waals surface area contributed by atoms with E-state index in [1.54, 1.807) is 37.4 Å². The fraction of sp³-hybridized carbons (Fsp3) is 0.333. The predicted octanol–water partition coefficient (Wildman–Crippen LogP) is 0.178. The molecule has 1 aliphatic rings. The van der Waals surface area contributed by atoms with Crippen molar-refractivity contribution in [2.45, 2.75) is 42.4 Å². The van der Waals surface area contributed by atoms with Crippen molar-refractivity contribution in [3.05, 3.63) is 72.6 Å². The fourth-order valence-electron chi connectivity index (χ4n) is 4.25. The monoisotopic (exact) mass is 528 g/mol. The minimum atomic E-state index is -3.96. The molecular formula is C24H28N6O6S. The number of amides is 3. The SMILES string of the molecule is Cn1cnc(S(=O)(=O)NC2CCN(C(=O)c3ccco3)C(C(=O)NC(Cc3ccccc3)C(N)=O)C2)c1. The van der Waals surface area contributed by atoms with E-state index in [0.717, 1.165) is 5.56 Å². The number of hydrogen-bond acceptors (Lipinski definition) is 7. The summed E-state index contributed by atoms with van der Waals surface area (Å²) in [5.41, 5.74) is 6.35. The third-order valence-corrected chi connectivity index (χ3v) is 7.52. The van der Waals surface area contributed by atoms with E-state index in [9.17, 15) is 22.8 Å². The molecular weight excluding hydrogens is 500 g/mol. The van der Waals surface area contributed by atoms with Gasteiger partial charge in [-0.2, -0.15) is 0 Å². The van der Waals surface area contributed by atoms with E-state index in [2.05, 4.69) is 15.0 Å². The average Bonchev–Trinajstić information content (AvgIpc) is 3.56. The molecule has 12 nitrogen and oxygen atoms in total. The zero-order chi connectivity index (χ0) is 26.6. The van der Waals surface area contributed by atoms with E-state index in [-0.39, 0.29) is 36.6 Å². The Morgan fingerprint density at radius 1 is 1.19 bits per heavy atom. The Morgan fingerprint density at radius 2 is 1.95 bits per heavy atom.